The first kappa shape index (κ1) is 21.3. The van der Waals surface area contributed by atoms with Crippen molar-refractivity contribution in [2.45, 2.75) is 32.0 Å². The fraction of sp³-hybridized carbons (Fsp3) is 0.381. The van der Waals surface area contributed by atoms with Gasteiger partial charge in [-0.05, 0) is 65.2 Å². The van der Waals surface area contributed by atoms with Gasteiger partial charge in [0.15, 0.2) is 16.8 Å². The summed E-state index contributed by atoms with van der Waals surface area (Å²) in [4.78, 5) is 14.8. The number of hydrogen-bond donors (Lipinski definition) is 0. The van der Waals surface area contributed by atoms with Crippen LogP contribution in [0.3, 0.4) is 0 Å². The molecule has 1 atom stereocenters. The number of aryl methyl sites for hydroxylation is 1. The maximum absolute atomic E-state index is 13.4. The van der Waals surface area contributed by atoms with Crippen LogP contribution in [0.25, 0.3) is 5.69 Å². The molecule has 2 heterocycles. The molecule has 3 aromatic rings. The summed E-state index contributed by atoms with van der Waals surface area (Å²) in [5.74, 6) is 0.735. The van der Waals surface area contributed by atoms with E-state index in [-0.39, 0.29) is 23.4 Å². The predicted octanol–water partition coefficient (Wildman–Crippen LogP) is 3.96. The van der Waals surface area contributed by atoms with Crippen molar-refractivity contribution in [2.24, 2.45) is 7.05 Å². The van der Waals surface area contributed by atoms with E-state index in [2.05, 4.69) is 10.2 Å². The van der Waals surface area contributed by atoms with E-state index in [4.69, 9.17) is 0 Å². The van der Waals surface area contributed by atoms with Gasteiger partial charge >= 0.3 is 0 Å². The van der Waals surface area contributed by atoms with Crippen molar-refractivity contribution in [3.05, 3.63) is 58.9 Å². The van der Waals surface area contributed by atoms with Crippen LogP contribution in [0, 0.1) is 19.7 Å². The summed E-state index contributed by atoms with van der Waals surface area (Å²) in [6, 6.07) is 8.13. The Morgan fingerprint density at radius 2 is 1.86 bits per heavy atom. The Kier molecular flexibility index (Phi) is 6.24. The zero-order valence-corrected chi connectivity index (χ0v) is 18.4. The van der Waals surface area contributed by atoms with Gasteiger partial charge in [0.25, 0.3) is 0 Å². The molecule has 8 heteroatoms. The van der Waals surface area contributed by atoms with Crippen LogP contribution in [0.4, 0.5) is 4.39 Å². The molecule has 0 fully saturated rings. The van der Waals surface area contributed by atoms with Gasteiger partial charge in [-0.25, -0.2) is 4.39 Å². The molecule has 0 amide bonds. The van der Waals surface area contributed by atoms with Crippen LogP contribution in [-0.2, 0) is 7.05 Å². The molecule has 1 aromatic carbocycles. The van der Waals surface area contributed by atoms with Crippen LogP contribution in [-0.4, -0.2) is 49.9 Å². The van der Waals surface area contributed by atoms with Crippen molar-refractivity contribution in [3.8, 4) is 5.69 Å². The smallest absolute Gasteiger partial charge is 0.196 e. The number of ketones is 1. The molecule has 6 nitrogen and oxygen atoms in total. The summed E-state index contributed by atoms with van der Waals surface area (Å²) in [5.41, 5.74) is 3.50. The second-order valence-corrected chi connectivity index (χ2v) is 8.29. The Balaban J connectivity index is 1.91. The third-order valence-corrected chi connectivity index (χ3v) is 6.23. The van der Waals surface area contributed by atoms with Gasteiger partial charge < -0.3 is 4.57 Å². The van der Waals surface area contributed by atoms with Crippen LogP contribution in [0.15, 0.2) is 35.5 Å². The quantitative estimate of drug-likeness (QED) is 0.432. The van der Waals surface area contributed by atoms with Gasteiger partial charge in [-0.1, -0.05) is 11.8 Å². The molecule has 0 saturated carbocycles. The first-order valence-electron chi connectivity index (χ1n) is 9.37. The van der Waals surface area contributed by atoms with E-state index in [1.54, 1.807) is 12.1 Å². The normalized spacial score (nSPS) is 12.6. The topological polar surface area (TPSA) is 56.0 Å². The first-order valence-corrected chi connectivity index (χ1v) is 10.4. The van der Waals surface area contributed by atoms with Gasteiger partial charge in [0.05, 0.1) is 11.8 Å². The van der Waals surface area contributed by atoms with Gasteiger partial charge in [0.1, 0.15) is 5.82 Å². The van der Waals surface area contributed by atoms with Gasteiger partial charge in [0.2, 0.25) is 0 Å². The van der Waals surface area contributed by atoms with Crippen LogP contribution < -0.4 is 0 Å². The number of nitrogens with zero attached hydrogens (tertiary/aromatic N) is 5. The van der Waals surface area contributed by atoms with Crippen molar-refractivity contribution in [1.82, 2.24) is 24.2 Å². The number of carbonyl (C=O) groups excluding carboxylic acids is 1. The standard InChI is InChI=1S/C21H26FN5OS/c1-13-11-18(14(2)26(13)6)19(28)12-29-21-24-23-20(15(3)25(4)5)27(21)17-9-7-16(22)8-10-17/h7-11,15H,12H2,1-6H3/t15-/m1/s1. The molecule has 0 aliphatic heterocycles. The predicted molar refractivity (Wildman–Crippen MR) is 113 cm³/mol. The Morgan fingerprint density at radius 1 is 1.21 bits per heavy atom. The lowest BCUT2D eigenvalue weighted by Gasteiger charge is -2.20. The zero-order valence-electron chi connectivity index (χ0n) is 17.6. The molecular formula is C21H26FN5OS. The van der Waals surface area contributed by atoms with Crippen LogP contribution in [0.1, 0.15) is 40.5 Å². The van der Waals surface area contributed by atoms with E-state index in [9.17, 15) is 9.18 Å². The second-order valence-electron chi connectivity index (χ2n) is 7.35. The fourth-order valence-electron chi connectivity index (χ4n) is 3.05. The summed E-state index contributed by atoms with van der Waals surface area (Å²) in [7, 11) is 5.88. The molecule has 29 heavy (non-hydrogen) atoms. The molecular weight excluding hydrogens is 389 g/mol. The molecule has 0 N–H and O–H groups in total. The van der Waals surface area contributed by atoms with Crippen molar-refractivity contribution in [3.63, 3.8) is 0 Å². The average Bonchev–Trinajstić information content (AvgIpc) is 3.22. The van der Waals surface area contributed by atoms with Crippen LogP contribution >= 0.6 is 11.8 Å². The van der Waals surface area contributed by atoms with E-state index < -0.39 is 0 Å². The molecule has 3 rings (SSSR count). The van der Waals surface area contributed by atoms with E-state index in [1.807, 2.05) is 62.0 Å². The molecule has 0 unspecified atom stereocenters. The van der Waals surface area contributed by atoms with Crippen molar-refractivity contribution >= 4 is 17.5 Å². The molecule has 0 aliphatic carbocycles. The third-order valence-electron chi connectivity index (χ3n) is 5.30. The number of Topliss-reactive ketones (excluding diaryl/α,β-unsaturated/α-hetero) is 1. The SMILES string of the molecule is Cc1cc(C(=O)CSc2nnc([C@@H](C)N(C)C)n2-c2ccc(F)cc2)c(C)n1C. The summed E-state index contributed by atoms with van der Waals surface area (Å²) < 4.78 is 17.3. The summed E-state index contributed by atoms with van der Waals surface area (Å²) in [6.07, 6.45) is 0. The lowest BCUT2D eigenvalue weighted by Crippen LogP contribution is -2.20. The maximum atomic E-state index is 13.4. The highest BCUT2D eigenvalue weighted by Crippen LogP contribution is 2.28. The van der Waals surface area contributed by atoms with E-state index in [0.29, 0.717) is 5.16 Å². The molecule has 2 aromatic heterocycles. The number of carbonyl (C=O) groups is 1. The van der Waals surface area contributed by atoms with Crippen molar-refractivity contribution in [1.29, 1.82) is 0 Å². The third kappa shape index (κ3) is 4.28. The Labute approximate surface area is 174 Å². The highest BCUT2D eigenvalue weighted by atomic mass is 32.2. The fourth-order valence-corrected chi connectivity index (χ4v) is 3.90. The van der Waals surface area contributed by atoms with E-state index >= 15 is 0 Å². The number of rotatable bonds is 7. The minimum Gasteiger partial charge on any atom is -0.351 e. The lowest BCUT2D eigenvalue weighted by molar-refractivity contribution is 0.102. The molecule has 0 bridgehead atoms. The highest BCUT2D eigenvalue weighted by molar-refractivity contribution is 7.99. The average molecular weight is 416 g/mol. The van der Waals surface area contributed by atoms with Crippen molar-refractivity contribution in [2.75, 3.05) is 19.8 Å². The number of hydrogen-bond acceptors (Lipinski definition) is 5. The molecule has 154 valence electrons. The molecule has 0 radical (unpaired) electrons. The Hall–Kier alpha value is -2.45. The van der Waals surface area contributed by atoms with Gasteiger partial charge in [0, 0.05) is 29.7 Å². The Morgan fingerprint density at radius 3 is 2.41 bits per heavy atom. The lowest BCUT2D eigenvalue weighted by atomic mass is 10.2. The second kappa shape index (κ2) is 8.51. The van der Waals surface area contributed by atoms with E-state index in [1.165, 1.54) is 23.9 Å². The monoisotopic (exact) mass is 415 g/mol. The zero-order chi connectivity index (χ0) is 21.3. The van der Waals surface area contributed by atoms with Crippen LogP contribution in [0.5, 0.6) is 0 Å². The van der Waals surface area contributed by atoms with Gasteiger partial charge in [-0.15, -0.1) is 10.2 Å². The van der Waals surface area contributed by atoms with Gasteiger partial charge in [-0.2, -0.15) is 0 Å². The first-order chi connectivity index (χ1) is 13.7. The largest absolute Gasteiger partial charge is 0.351 e. The summed E-state index contributed by atoms with van der Waals surface area (Å²) >= 11 is 1.34. The Bertz CT molecular complexity index is 1020. The number of thioether (sulfide) groups is 1. The maximum Gasteiger partial charge on any atom is 0.196 e. The van der Waals surface area contributed by atoms with Gasteiger partial charge in [-0.3, -0.25) is 14.3 Å². The minimum absolute atomic E-state index is 0.00313. The van der Waals surface area contributed by atoms with E-state index in [0.717, 1.165) is 28.5 Å². The molecule has 0 spiro atoms. The molecule has 0 aliphatic rings. The number of benzene rings is 1. The number of aromatic nitrogens is 4. The minimum atomic E-state index is -0.302. The summed E-state index contributed by atoms with van der Waals surface area (Å²) in [6.45, 7) is 5.96. The number of halogens is 1. The highest BCUT2D eigenvalue weighted by Gasteiger charge is 2.22. The van der Waals surface area contributed by atoms with Crippen molar-refractivity contribution < 1.29 is 9.18 Å². The summed E-state index contributed by atoms with van der Waals surface area (Å²) in [5, 5.41) is 9.30. The molecule has 0 saturated heterocycles. The van der Waals surface area contributed by atoms with Crippen LogP contribution in [0.2, 0.25) is 0 Å².